The number of H-pyrrole nitrogens is 1. The van der Waals surface area contributed by atoms with E-state index in [0.717, 1.165) is 27.2 Å². The molecule has 21 heavy (non-hydrogen) atoms. The highest BCUT2D eigenvalue weighted by Gasteiger charge is 2.11. The predicted octanol–water partition coefficient (Wildman–Crippen LogP) is 3.26. The minimum Gasteiger partial charge on any atom is -0.309 e. The number of nitrogens with zero attached hydrogens (tertiary/aromatic N) is 1. The topological polar surface area (TPSA) is 57.8 Å². The van der Waals surface area contributed by atoms with Crippen LogP contribution in [-0.4, -0.2) is 9.97 Å². The molecule has 0 saturated heterocycles. The van der Waals surface area contributed by atoms with Crippen LogP contribution < -0.4 is 10.9 Å². The summed E-state index contributed by atoms with van der Waals surface area (Å²) < 4.78 is 0. The van der Waals surface area contributed by atoms with Gasteiger partial charge in [-0.05, 0) is 38.5 Å². The van der Waals surface area contributed by atoms with Crippen molar-refractivity contribution >= 4 is 32.9 Å². The monoisotopic (exact) mass is 319 g/mol. The average molecular weight is 319 g/mol. The van der Waals surface area contributed by atoms with Crippen molar-refractivity contribution in [2.45, 2.75) is 33.9 Å². The van der Waals surface area contributed by atoms with E-state index in [0.29, 0.717) is 12.4 Å². The second kappa shape index (κ2) is 5.71. The van der Waals surface area contributed by atoms with E-state index in [1.54, 1.807) is 22.7 Å². The van der Waals surface area contributed by atoms with Crippen molar-refractivity contribution in [1.29, 1.82) is 0 Å². The van der Waals surface area contributed by atoms with Gasteiger partial charge in [-0.1, -0.05) is 0 Å². The molecule has 110 valence electrons. The Bertz CT molecular complexity index is 844. The standard InChI is InChI=1S/C15H17N3OS2/c1-8-4-5-11(20-8)6-16-7-12-17-14(19)13-9(2)10(3)21-15(13)18-12/h4-5,16H,6-7H2,1-3H3,(H,17,18,19). The molecule has 3 heterocycles. The molecule has 3 aromatic heterocycles. The molecule has 0 aliphatic heterocycles. The summed E-state index contributed by atoms with van der Waals surface area (Å²) in [7, 11) is 0. The predicted molar refractivity (Wildman–Crippen MR) is 89.3 cm³/mol. The number of thiophene rings is 2. The summed E-state index contributed by atoms with van der Waals surface area (Å²) in [5.74, 6) is 0.696. The first-order valence-electron chi connectivity index (χ1n) is 6.79. The Kier molecular flexibility index (Phi) is 3.93. The number of hydrogen-bond acceptors (Lipinski definition) is 5. The van der Waals surface area contributed by atoms with Gasteiger partial charge in [-0.15, -0.1) is 22.7 Å². The van der Waals surface area contributed by atoms with Crippen LogP contribution in [0.15, 0.2) is 16.9 Å². The SMILES string of the molecule is Cc1ccc(CNCc2nc3sc(C)c(C)c3c(=O)[nH]2)s1. The highest BCUT2D eigenvalue weighted by atomic mass is 32.1. The van der Waals surface area contributed by atoms with E-state index in [9.17, 15) is 4.79 Å². The Hall–Kier alpha value is -1.50. The molecular weight excluding hydrogens is 302 g/mol. The molecular formula is C15H17N3OS2. The molecule has 0 saturated carbocycles. The fraction of sp³-hybridized carbons (Fsp3) is 0.333. The van der Waals surface area contributed by atoms with Crippen LogP contribution in [0.2, 0.25) is 0 Å². The molecule has 0 radical (unpaired) electrons. The minimum absolute atomic E-state index is 0.0365. The zero-order valence-corrected chi connectivity index (χ0v) is 13.9. The van der Waals surface area contributed by atoms with Crippen LogP contribution in [0.4, 0.5) is 0 Å². The number of aromatic nitrogens is 2. The van der Waals surface area contributed by atoms with Gasteiger partial charge in [-0.2, -0.15) is 0 Å². The molecule has 3 rings (SSSR count). The second-order valence-electron chi connectivity index (χ2n) is 5.09. The molecule has 4 nitrogen and oxygen atoms in total. The number of rotatable bonds is 4. The molecule has 0 amide bonds. The second-order valence-corrected chi connectivity index (χ2v) is 7.67. The fourth-order valence-electron chi connectivity index (χ4n) is 2.27. The van der Waals surface area contributed by atoms with Gasteiger partial charge in [0.2, 0.25) is 0 Å². The van der Waals surface area contributed by atoms with E-state index in [1.165, 1.54) is 9.75 Å². The van der Waals surface area contributed by atoms with Crippen LogP contribution in [0.1, 0.15) is 26.0 Å². The third-order valence-corrected chi connectivity index (χ3v) is 5.58. The molecule has 0 spiro atoms. The molecule has 6 heteroatoms. The quantitative estimate of drug-likeness (QED) is 0.776. The Morgan fingerprint density at radius 1 is 1.19 bits per heavy atom. The van der Waals surface area contributed by atoms with Crippen molar-refractivity contribution < 1.29 is 0 Å². The number of nitrogens with one attached hydrogen (secondary N) is 2. The van der Waals surface area contributed by atoms with Crippen molar-refractivity contribution in [2.24, 2.45) is 0 Å². The normalized spacial score (nSPS) is 11.4. The van der Waals surface area contributed by atoms with Gasteiger partial charge in [0.1, 0.15) is 10.7 Å². The van der Waals surface area contributed by atoms with Gasteiger partial charge in [0, 0.05) is 21.2 Å². The van der Waals surface area contributed by atoms with E-state index in [4.69, 9.17) is 0 Å². The maximum absolute atomic E-state index is 12.2. The maximum atomic E-state index is 12.2. The molecule has 0 fully saturated rings. The first kappa shape index (κ1) is 14.4. The fourth-order valence-corrected chi connectivity index (χ4v) is 4.18. The molecule has 2 N–H and O–H groups in total. The molecule has 0 aliphatic carbocycles. The summed E-state index contributed by atoms with van der Waals surface area (Å²) >= 11 is 3.36. The molecule has 0 aromatic carbocycles. The lowest BCUT2D eigenvalue weighted by Gasteiger charge is -2.03. The van der Waals surface area contributed by atoms with Crippen LogP contribution in [0.5, 0.6) is 0 Å². The highest BCUT2D eigenvalue weighted by Crippen LogP contribution is 2.25. The summed E-state index contributed by atoms with van der Waals surface area (Å²) in [5.41, 5.74) is 1.00. The molecule has 0 atom stereocenters. The summed E-state index contributed by atoms with van der Waals surface area (Å²) in [4.78, 5) is 24.2. The van der Waals surface area contributed by atoms with E-state index in [2.05, 4.69) is 34.3 Å². The van der Waals surface area contributed by atoms with Gasteiger partial charge in [-0.25, -0.2) is 4.98 Å². The van der Waals surface area contributed by atoms with Crippen molar-refractivity contribution in [1.82, 2.24) is 15.3 Å². The smallest absolute Gasteiger partial charge is 0.259 e. The molecule has 0 unspecified atom stereocenters. The molecule has 0 bridgehead atoms. The lowest BCUT2D eigenvalue weighted by molar-refractivity contribution is 0.669. The molecule has 3 aromatic rings. The summed E-state index contributed by atoms with van der Waals surface area (Å²) in [6.45, 7) is 7.46. The van der Waals surface area contributed by atoms with Crippen molar-refractivity contribution in [3.8, 4) is 0 Å². The Balaban J connectivity index is 1.77. The first-order chi connectivity index (χ1) is 10.0. The lowest BCUT2D eigenvalue weighted by atomic mass is 10.2. The average Bonchev–Trinajstić information content (AvgIpc) is 2.95. The summed E-state index contributed by atoms with van der Waals surface area (Å²) in [5, 5.41) is 4.06. The summed E-state index contributed by atoms with van der Waals surface area (Å²) in [6.07, 6.45) is 0. The highest BCUT2D eigenvalue weighted by molar-refractivity contribution is 7.18. The maximum Gasteiger partial charge on any atom is 0.259 e. The Morgan fingerprint density at radius 3 is 2.71 bits per heavy atom. The first-order valence-corrected chi connectivity index (χ1v) is 8.43. The van der Waals surface area contributed by atoms with Crippen molar-refractivity contribution in [3.05, 3.63) is 48.5 Å². The Labute approximate surface area is 130 Å². The van der Waals surface area contributed by atoms with Crippen LogP contribution >= 0.6 is 22.7 Å². The third-order valence-electron chi connectivity index (χ3n) is 3.48. The van der Waals surface area contributed by atoms with Crippen LogP contribution in [0.3, 0.4) is 0 Å². The van der Waals surface area contributed by atoms with Gasteiger partial charge in [0.15, 0.2) is 0 Å². The summed E-state index contributed by atoms with van der Waals surface area (Å²) in [6, 6.07) is 4.24. The number of hydrogen-bond donors (Lipinski definition) is 2. The van der Waals surface area contributed by atoms with Crippen LogP contribution in [-0.2, 0) is 13.1 Å². The van der Waals surface area contributed by atoms with Gasteiger partial charge in [0.25, 0.3) is 5.56 Å². The van der Waals surface area contributed by atoms with E-state index >= 15 is 0 Å². The minimum atomic E-state index is -0.0365. The molecule has 0 aliphatic rings. The number of aryl methyl sites for hydroxylation is 3. The van der Waals surface area contributed by atoms with Crippen LogP contribution in [0, 0.1) is 20.8 Å². The zero-order chi connectivity index (χ0) is 15.0. The van der Waals surface area contributed by atoms with Gasteiger partial charge in [0.05, 0.1) is 11.9 Å². The van der Waals surface area contributed by atoms with E-state index in [-0.39, 0.29) is 5.56 Å². The van der Waals surface area contributed by atoms with E-state index in [1.807, 2.05) is 13.8 Å². The van der Waals surface area contributed by atoms with Gasteiger partial charge >= 0.3 is 0 Å². The van der Waals surface area contributed by atoms with Gasteiger partial charge < -0.3 is 10.3 Å². The van der Waals surface area contributed by atoms with Crippen molar-refractivity contribution in [2.75, 3.05) is 0 Å². The van der Waals surface area contributed by atoms with Crippen LogP contribution in [0.25, 0.3) is 10.2 Å². The van der Waals surface area contributed by atoms with E-state index < -0.39 is 0 Å². The number of fused-ring (bicyclic) bond motifs is 1. The van der Waals surface area contributed by atoms with Gasteiger partial charge in [-0.3, -0.25) is 4.79 Å². The number of aromatic amines is 1. The van der Waals surface area contributed by atoms with Crippen molar-refractivity contribution in [3.63, 3.8) is 0 Å². The largest absolute Gasteiger partial charge is 0.309 e. The third kappa shape index (κ3) is 2.92. The lowest BCUT2D eigenvalue weighted by Crippen LogP contribution is -2.18. The zero-order valence-electron chi connectivity index (χ0n) is 12.2. The Morgan fingerprint density at radius 2 is 2.00 bits per heavy atom.